The second-order valence-corrected chi connectivity index (χ2v) is 13.0. The fourth-order valence-corrected chi connectivity index (χ4v) is 6.16. The minimum atomic E-state index is -4.86. The summed E-state index contributed by atoms with van der Waals surface area (Å²) in [6.45, 7) is 7.72. The monoisotopic (exact) mass is 638 g/mol. The fraction of sp³-hybridized carbons (Fsp3) is 0.346. The Bertz CT molecular complexity index is 1630. The number of hydrogen-bond acceptors (Lipinski definition) is 11. The summed E-state index contributed by atoms with van der Waals surface area (Å²) in [5.74, 6) is -3.49. The van der Waals surface area contributed by atoms with Gasteiger partial charge in [-0.25, -0.2) is 40.8 Å². The summed E-state index contributed by atoms with van der Waals surface area (Å²) in [6.07, 6.45) is 2.98. The number of pyridine rings is 1. The van der Waals surface area contributed by atoms with Crippen molar-refractivity contribution in [3.8, 4) is 0 Å². The molecule has 0 saturated heterocycles. The van der Waals surface area contributed by atoms with E-state index in [1.165, 1.54) is 31.5 Å². The number of ether oxygens (including phenoxy) is 1. The van der Waals surface area contributed by atoms with Gasteiger partial charge in [0, 0.05) is 25.0 Å². The number of aromatic nitrogens is 3. The molecule has 0 saturated carbocycles. The van der Waals surface area contributed by atoms with Crippen molar-refractivity contribution in [3.05, 3.63) is 71.6 Å². The number of rotatable bonds is 9. The zero-order valence-corrected chi connectivity index (χ0v) is 25.4. The Hall–Kier alpha value is -4.12. The topological polar surface area (TPSA) is 151 Å². The Morgan fingerprint density at radius 1 is 1.16 bits per heavy atom. The molecule has 1 amide bonds. The van der Waals surface area contributed by atoms with E-state index in [0.29, 0.717) is 5.69 Å². The molecule has 0 spiro atoms. The van der Waals surface area contributed by atoms with E-state index in [2.05, 4.69) is 35.4 Å². The Morgan fingerprint density at radius 3 is 2.51 bits per heavy atom. The largest absolute Gasteiger partial charge is 0.453 e. The van der Waals surface area contributed by atoms with Gasteiger partial charge in [0.2, 0.25) is 5.95 Å². The van der Waals surface area contributed by atoms with Gasteiger partial charge in [-0.3, -0.25) is 9.71 Å². The van der Waals surface area contributed by atoms with Gasteiger partial charge in [0.1, 0.15) is 22.6 Å². The lowest BCUT2D eigenvalue weighted by molar-refractivity contribution is 0.168. The second-order valence-electron chi connectivity index (χ2n) is 10.3. The zero-order chi connectivity index (χ0) is 31.5. The molecule has 1 aromatic carbocycles. The first-order chi connectivity index (χ1) is 20.2. The normalized spacial score (nSPS) is 16.0. The summed E-state index contributed by atoms with van der Waals surface area (Å²) < 4.78 is 78.3. The molecular weight excluding hydrogens is 609 g/mol. The number of nitrogens with one attached hydrogen (secondary N) is 3. The van der Waals surface area contributed by atoms with E-state index in [1.807, 2.05) is 25.5 Å². The number of halogens is 3. The maximum Gasteiger partial charge on any atom is 0.407 e. The number of hydrazone groups is 1. The number of nitrogens with zero attached hydrogens (tertiary/aromatic N) is 5. The van der Waals surface area contributed by atoms with Crippen LogP contribution in [0.25, 0.3) is 0 Å². The first-order valence-corrected chi connectivity index (χ1v) is 15.1. The van der Waals surface area contributed by atoms with Gasteiger partial charge in [-0.05, 0) is 57.8 Å². The van der Waals surface area contributed by atoms with Gasteiger partial charge in [0.25, 0.3) is 10.0 Å². The Balaban J connectivity index is 1.67. The summed E-state index contributed by atoms with van der Waals surface area (Å²) in [5, 5.41) is 9.57. The van der Waals surface area contributed by atoms with Crippen LogP contribution in [0.5, 0.6) is 0 Å². The highest BCUT2D eigenvalue weighted by atomic mass is 32.2. The molecule has 17 heteroatoms. The minimum absolute atomic E-state index is 0.150. The molecule has 3 N–H and O–H groups in total. The van der Waals surface area contributed by atoms with Crippen molar-refractivity contribution in [3.63, 3.8) is 0 Å². The lowest BCUT2D eigenvalue weighted by Gasteiger charge is -2.28. The second kappa shape index (κ2) is 12.6. The summed E-state index contributed by atoms with van der Waals surface area (Å²) in [6, 6.07) is 3.87. The average Bonchev–Trinajstić information content (AvgIpc) is 3.39. The van der Waals surface area contributed by atoms with E-state index in [9.17, 15) is 22.0 Å². The number of sulfonamides is 1. The Kier molecular flexibility index (Phi) is 9.34. The van der Waals surface area contributed by atoms with Crippen LogP contribution < -0.4 is 15.4 Å². The van der Waals surface area contributed by atoms with E-state index in [1.54, 1.807) is 17.4 Å². The average molecular weight is 639 g/mol. The molecule has 4 rings (SSSR count). The number of benzene rings is 1. The summed E-state index contributed by atoms with van der Waals surface area (Å²) >= 11 is 1.25. The molecule has 2 atom stereocenters. The third-order valence-corrected chi connectivity index (χ3v) is 8.80. The minimum Gasteiger partial charge on any atom is -0.453 e. The molecule has 0 radical (unpaired) electrons. The third kappa shape index (κ3) is 7.27. The van der Waals surface area contributed by atoms with Gasteiger partial charge in [0.15, 0.2) is 10.7 Å². The molecule has 2 aromatic heterocycles. The van der Waals surface area contributed by atoms with Crippen molar-refractivity contribution in [2.45, 2.75) is 49.4 Å². The summed E-state index contributed by atoms with van der Waals surface area (Å²) in [7, 11) is -3.61. The molecule has 1 aliphatic rings. The summed E-state index contributed by atoms with van der Waals surface area (Å²) in [5.41, 5.74) is -0.673. The maximum absolute atomic E-state index is 16.0. The first-order valence-electron chi connectivity index (χ1n) is 12.8. The predicted octanol–water partition coefficient (Wildman–Crippen LogP) is 4.45. The van der Waals surface area contributed by atoms with Gasteiger partial charge >= 0.3 is 6.09 Å². The molecule has 230 valence electrons. The highest BCUT2D eigenvalue weighted by Gasteiger charge is 2.38. The fourth-order valence-electron chi connectivity index (χ4n) is 3.81. The molecule has 43 heavy (non-hydrogen) atoms. The van der Waals surface area contributed by atoms with Crippen LogP contribution in [0.3, 0.4) is 0 Å². The molecule has 1 unspecified atom stereocenters. The molecule has 3 heterocycles. The van der Waals surface area contributed by atoms with Crippen LogP contribution in [0, 0.1) is 17.5 Å². The number of carbonyl (C=O) groups is 1. The number of alkyl carbamates (subject to hydrolysis) is 1. The number of methoxy groups -OCH3 is 1. The van der Waals surface area contributed by atoms with Gasteiger partial charge in [-0.15, -0.1) is 0 Å². The van der Waals surface area contributed by atoms with Crippen LogP contribution in [-0.2, 0) is 14.8 Å². The van der Waals surface area contributed by atoms with Gasteiger partial charge in [-0.1, -0.05) is 6.07 Å². The van der Waals surface area contributed by atoms with E-state index in [4.69, 9.17) is 0 Å². The lowest BCUT2D eigenvalue weighted by atomic mass is 10.1. The summed E-state index contributed by atoms with van der Waals surface area (Å²) in [4.78, 5) is 22.9. The quantitative estimate of drug-likeness (QED) is 0.287. The van der Waals surface area contributed by atoms with Crippen molar-refractivity contribution in [1.29, 1.82) is 0 Å². The van der Waals surface area contributed by atoms with Crippen LogP contribution in [0.15, 0.2) is 52.9 Å². The molecule has 1 aliphatic heterocycles. The smallest absolute Gasteiger partial charge is 0.407 e. The van der Waals surface area contributed by atoms with Crippen molar-refractivity contribution >= 4 is 45.4 Å². The zero-order valence-electron chi connectivity index (χ0n) is 23.7. The third-order valence-electron chi connectivity index (χ3n) is 5.88. The molecule has 0 fully saturated rings. The number of anilines is 2. The van der Waals surface area contributed by atoms with Crippen molar-refractivity contribution < 1.29 is 31.1 Å². The molecule has 0 bridgehead atoms. The molecule has 12 nitrogen and oxygen atoms in total. The number of carbonyl (C=O) groups excluding carboxylic acids is 1. The van der Waals surface area contributed by atoms with Crippen LogP contribution in [0.4, 0.5) is 29.6 Å². The van der Waals surface area contributed by atoms with E-state index >= 15 is 4.39 Å². The molecular formula is C26H29F3N8O4S2. The maximum atomic E-state index is 16.0. The van der Waals surface area contributed by atoms with Gasteiger partial charge in [-0.2, -0.15) is 5.10 Å². The van der Waals surface area contributed by atoms with E-state index in [-0.39, 0.29) is 29.8 Å². The first kappa shape index (κ1) is 31.8. The Labute approximate surface area is 250 Å². The highest BCUT2D eigenvalue weighted by molar-refractivity contribution is 7.98. The van der Waals surface area contributed by atoms with E-state index < -0.39 is 54.9 Å². The van der Waals surface area contributed by atoms with Gasteiger partial charge < -0.3 is 15.4 Å². The molecule has 3 aromatic rings. The molecule has 0 aliphatic carbocycles. The van der Waals surface area contributed by atoms with E-state index in [0.717, 1.165) is 24.4 Å². The van der Waals surface area contributed by atoms with Gasteiger partial charge in [0.05, 0.1) is 35.8 Å². The van der Waals surface area contributed by atoms with Crippen LogP contribution in [-0.4, -0.2) is 64.8 Å². The lowest BCUT2D eigenvalue weighted by Crippen LogP contribution is -2.37. The Morgan fingerprint density at radius 2 is 1.86 bits per heavy atom. The van der Waals surface area contributed by atoms with Crippen LogP contribution in [0.1, 0.15) is 44.2 Å². The van der Waals surface area contributed by atoms with Crippen molar-refractivity contribution in [1.82, 2.24) is 24.7 Å². The predicted molar refractivity (Wildman–Crippen MR) is 155 cm³/mol. The number of amides is 1. The van der Waals surface area contributed by atoms with Crippen LogP contribution in [0.2, 0.25) is 0 Å². The van der Waals surface area contributed by atoms with Crippen molar-refractivity contribution in [2.24, 2.45) is 5.10 Å². The number of hydrogen-bond donors (Lipinski definition) is 3. The van der Waals surface area contributed by atoms with Crippen molar-refractivity contribution in [2.75, 3.05) is 23.7 Å². The standard InChI is InChI=1S/C26H29F3N8O4S2/c1-14(33-25(38)41-5)11-32-24-31-10-9-18(34-24)22-21(35-37(42-22)26(2,3)4)15-12-30-13-19(20(15)29)36-43(39,40)23-16(27)7-6-8-17(23)28/h6-10,12-14,22,36H,11H2,1-5H3,(H,33,38)(H,31,32,34)/t14-,22?/m0/s1. The SMILES string of the molecule is COC(=O)N[C@@H](C)CNc1nccc(C2SN(C(C)(C)C)N=C2c2cncc(NS(=O)(=O)c3c(F)cccc3F)c2F)n1. The highest BCUT2D eigenvalue weighted by Crippen LogP contribution is 2.44. The van der Waals surface area contributed by atoms with Crippen LogP contribution >= 0.6 is 11.9 Å².